The zero-order valence-electron chi connectivity index (χ0n) is 81.6. The third-order valence-electron chi connectivity index (χ3n) is 23.2. The summed E-state index contributed by atoms with van der Waals surface area (Å²) in [6.45, 7) is 37.4. The standard InChI is InChI=1S/C21H24N2O2.C19H18N2O4.C11H8O.C10H12O.C8H6O3.3C8H12O2.2C5H11N.2C3H2N2/c1-11-6-12(2)17(13(3)7-11)18-14(10-22)20(23)25-16-9-21(4,5)8-15(24)19(16)18;1-19(2)6-12(22)17-15(7-19)25-18(21)11(8-20)16(17)10-3-4-13-14(5-10)24-9-23-13;12-8-9-5-6-10-3-1-2-4-11(10)7-9;1-7-4-8(2)10(6-11)9(3)5-7;9-4-6-1-2-7-8(3-6)11-5-10-7;3*1-8(2)4-6(9)3-7(10)5-8;2*1-2-4-6-5-3-1;2*4-2-1-3-5/h6-7,18H,8-9,23H2,1-5H3;3-5,16H,6-7,9,21H2,1-2H3;1-8H;4-6H,1-3H3;1-4H,5H2;3*3-5H2,1-2H3;2*6H,1-5H2;2*1H2. The van der Waals surface area contributed by atoms with E-state index in [0.29, 0.717) is 121 Å². The number of nitrogens with one attached hydrogen (secondary N) is 2. The van der Waals surface area contributed by atoms with Crippen LogP contribution in [0.5, 0.6) is 23.0 Å². The Morgan fingerprint density at radius 3 is 1.06 bits per heavy atom. The van der Waals surface area contributed by atoms with Crippen molar-refractivity contribution < 1.29 is 81.2 Å². The molecule has 718 valence electrons. The number of ether oxygens (including phenoxy) is 6. The number of piperidine rings is 2. The van der Waals surface area contributed by atoms with Crippen molar-refractivity contribution in [3.8, 4) is 59.4 Å². The van der Waals surface area contributed by atoms with Gasteiger partial charge in [-0.25, -0.2) is 0 Å². The number of hydrogen-bond donors (Lipinski definition) is 4. The first kappa shape index (κ1) is 111. The van der Waals surface area contributed by atoms with E-state index in [1.807, 2.05) is 158 Å². The van der Waals surface area contributed by atoms with Gasteiger partial charge in [0, 0.05) is 92.0 Å². The Bertz CT molecular complexity index is 5520. The van der Waals surface area contributed by atoms with Gasteiger partial charge in [-0.1, -0.05) is 160 Å². The average molecular weight is 1850 g/mol. The minimum atomic E-state index is -0.535. The fourth-order valence-corrected chi connectivity index (χ4v) is 17.7. The van der Waals surface area contributed by atoms with E-state index < -0.39 is 11.8 Å². The van der Waals surface area contributed by atoms with Gasteiger partial charge in [0.1, 0.15) is 94.9 Å². The van der Waals surface area contributed by atoms with Gasteiger partial charge >= 0.3 is 0 Å². The quantitative estimate of drug-likeness (QED) is 0.0920. The number of nitrogens with zero attached hydrogens (tertiary/aromatic N) is 6. The van der Waals surface area contributed by atoms with Crippen molar-refractivity contribution >= 4 is 75.9 Å². The molecule has 6 aromatic carbocycles. The maximum absolute atomic E-state index is 13.0. The zero-order chi connectivity index (χ0) is 101. The normalized spacial score (nSPS) is 19.2. The summed E-state index contributed by atoms with van der Waals surface area (Å²) in [4.78, 5) is 122. The summed E-state index contributed by atoms with van der Waals surface area (Å²) in [6.07, 6.45) is 17.0. The van der Waals surface area contributed by atoms with Crippen LogP contribution in [0.2, 0.25) is 0 Å². The van der Waals surface area contributed by atoms with Crippen LogP contribution in [-0.2, 0) is 47.8 Å². The highest BCUT2D eigenvalue weighted by molar-refractivity contribution is 6.04. The zero-order valence-corrected chi connectivity index (χ0v) is 81.6. The number of carbonyl (C=O) groups excluding carboxylic acids is 11. The Morgan fingerprint density at radius 2 is 0.713 bits per heavy atom. The Labute approximate surface area is 800 Å². The lowest BCUT2D eigenvalue weighted by Gasteiger charge is -2.38. The lowest BCUT2D eigenvalue weighted by atomic mass is 9.69. The van der Waals surface area contributed by atoms with Gasteiger partial charge in [-0.05, 0) is 201 Å². The molecular weight excluding hydrogens is 1720 g/mol. The van der Waals surface area contributed by atoms with E-state index >= 15 is 0 Å². The van der Waals surface area contributed by atoms with Gasteiger partial charge in [0.25, 0.3) is 0 Å². The van der Waals surface area contributed by atoms with Crippen LogP contribution in [0.3, 0.4) is 0 Å². The van der Waals surface area contributed by atoms with Crippen LogP contribution in [0, 0.1) is 137 Å². The van der Waals surface area contributed by atoms with Crippen LogP contribution in [0.15, 0.2) is 149 Å². The first-order valence-corrected chi connectivity index (χ1v) is 45.8. The van der Waals surface area contributed by atoms with Gasteiger partial charge in [-0.15, -0.1) is 0 Å². The van der Waals surface area contributed by atoms with Crippen molar-refractivity contribution in [2.75, 3.05) is 39.8 Å². The van der Waals surface area contributed by atoms with Gasteiger partial charge in [0.2, 0.25) is 25.4 Å². The molecule has 3 saturated carbocycles. The minimum Gasteiger partial charge on any atom is -0.454 e. The topological polar surface area (TPSA) is 462 Å². The van der Waals surface area contributed by atoms with Crippen LogP contribution >= 0.6 is 0 Å². The predicted molar refractivity (Wildman–Crippen MR) is 516 cm³/mol. The van der Waals surface area contributed by atoms with E-state index in [4.69, 9.17) is 60.9 Å². The van der Waals surface area contributed by atoms with E-state index in [1.165, 1.54) is 75.7 Å². The number of Topliss-reactive ketones (excluding diaryl/α,β-unsaturated/α-hetero) is 8. The molecule has 0 radical (unpaired) electrons. The summed E-state index contributed by atoms with van der Waals surface area (Å²) in [5, 5.41) is 58.5. The van der Waals surface area contributed by atoms with Gasteiger partial charge in [-0.2, -0.15) is 31.6 Å². The number of aryl methyl sites for hydroxylation is 6. The van der Waals surface area contributed by atoms with Crippen LogP contribution in [0.4, 0.5) is 0 Å². The largest absolute Gasteiger partial charge is 0.454 e. The number of carbonyl (C=O) groups is 11. The van der Waals surface area contributed by atoms with Crippen molar-refractivity contribution in [2.24, 2.45) is 38.5 Å². The number of fused-ring (bicyclic) bond motifs is 3. The summed E-state index contributed by atoms with van der Waals surface area (Å²) >= 11 is 0. The van der Waals surface area contributed by atoms with E-state index in [2.05, 4.69) is 48.8 Å². The highest BCUT2D eigenvalue weighted by Crippen LogP contribution is 2.52. The maximum Gasteiger partial charge on any atom is 0.231 e. The second-order valence-electron chi connectivity index (χ2n) is 39.1. The first-order valence-electron chi connectivity index (χ1n) is 45.8. The number of ketones is 8. The molecule has 17 rings (SSSR count). The molecule has 5 aliphatic carbocycles. The van der Waals surface area contributed by atoms with Gasteiger partial charge in [-0.3, -0.25) is 52.7 Å². The molecule has 6 N–H and O–H groups in total. The highest BCUT2D eigenvalue weighted by atomic mass is 16.7. The molecule has 0 aromatic heterocycles. The summed E-state index contributed by atoms with van der Waals surface area (Å²) < 4.78 is 32.3. The summed E-state index contributed by atoms with van der Waals surface area (Å²) in [7, 11) is 0. The van der Waals surface area contributed by atoms with Gasteiger partial charge in [0.15, 0.2) is 40.9 Å². The Kier molecular flexibility index (Phi) is 43.0. The third kappa shape index (κ3) is 35.2. The molecule has 136 heavy (non-hydrogen) atoms. The number of allylic oxidation sites excluding steroid dienone is 6. The molecule has 6 aromatic rings. The number of aldehydes is 3. The van der Waals surface area contributed by atoms with Gasteiger partial charge < -0.3 is 50.5 Å². The Morgan fingerprint density at radius 1 is 0.375 bits per heavy atom. The number of benzene rings is 6. The summed E-state index contributed by atoms with van der Waals surface area (Å²) in [5.41, 5.74) is 23.8. The van der Waals surface area contributed by atoms with Crippen LogP contribution in [0.1, 0.15) is 291 Å². The van der Waals surface area contributed by atoms with Crippen molar-refractivity contribution in [3.05, 3.63) is 210 Å². The third-order valence-corrected chi connectivity index (χ3v) is 23.2. The van der Waals surface area contributed by atoms with E-state index in [0.717, 1.165) is 74.3 Å². The smallest absolute Gasteiger partial charge is 0.231 e. The van der Waals surface area contributed by atoms with Crippen LogP contribution < -0.4 is 41.0 Å². The number of nitrogens with two attached hydrogens (primary N) is 2. The summed E-state index contributed by atoms with van der Waals surface area (Å²) in [6, 6.07) is 43.3. The molecule has 2 saturated heterocycles. The molecule has 2 unspecified atom stereocenters. The molecule has 0 bridgehead atoms. The van der Waals surface area contributed by atoms with Crippen molar-refractivity contribution in [2.45, 2.75) is 257 Å². The molecule has 0 spiro atoms. The van der Waals surface area contributed by atoms with Crippen LogP contribution in [-0.4, -0.2) is 105 Å². The Balaban J connectivity index is 0.000000237. The average Bonchev–Trinajstić information content (AvgIpc) is 0.838. The van der Waals surface area contributed by atoms with Crippen molar-refractivity contribution in [1.82, 2.24) is 10.6 Å². The molecule has 2 atom stereocenters. The summed E-state index contributed by atoms with van der Waals surface area (Å²) in [5.74, 6) is 3.66. The van der Waals surface area contributed by atoms with E-state index in [-0.39, 0.29) is 136 Å². The number of nitriles is 6. The molecule has 0 amide bonds. The van der Waals surface area contributed by atoms with E-state index in [9.17, 15) is 63.3 Å². The second-order valence-corrected chi connectivity index (χ2v) is 39.1. The number of rotatable bonds is 5. The molecule has 27 nitrogen and oxygen atoms in total. The fourth-order valence-electron chi connectivity index (χ4n) is 17.7. The molecule has 6 heterocycles. The van der Waals surface area contributed by atoms with Crippen molar-refractivity contribution in [1.29, 1.82) is 31.6 Å². The minimum absolute atomic E-state index is 0. The monoisotopic (exact) mass is 1850 g/mol. The molecular formula is C109H130N10O17. The molecule has 6 aliphatic heterocycles. The second kappa shape index (κ2) is 52.7. The first-order chi connectivity index (χ1) is 64.3. The fraction of sp³-hybridized carbons (Fsp3) is 0.459. The lowest BCUT2D eigenvalue weighted by Crippen LogP contribution is -2.34. The number of hydrogen-bond acceptors (Lipinski definition) is 27. The Hall–Kier alpha value is -13.8. The predicted octanol–water partition coefficient (Wildman–Crippen LogP) is 19.6. The van der Waals surface area contributed by atoms with Crippen LogP contribution in [0.25, 0.3) is 10.8 Å². The van der Waals surface area contributed by atoms with Gasteiger partial charge in [0.05, 0.1) is 55.4 Å². The lowest BCUT2D eigenvalue weighted by molar-refractivity contribution is -0.135. The molecule has 11 aliphatic rings. The van der Waals surface area contributed by atoms with E-state index in [1.54, 1.807) is 54.6 Å². The SMILES string of the molecule is C1CCNCC1.C1CCNCC1.CC1(C)CC(=O)C2=C(C1)OC(N)=C(C#N)C2c1ccc2c(c1)OCO2.CC1(C)CC(=O)CC(=O)C1.CC1(C)CC(=O)CC(=O)C1.CC1(C)CC(=O)CC(=O)C1.Cc1cc(C)c(C2C(C#N)=C(N)OC3=C2C(=O)CC(C)(C)C3)c(C)c1.Cc1cc(C)c(C=O)c(C)c1.N#CCC#N.N#CCC#N.O=Cc1ccc2c(c1)OCO2.O=Cc1ccc2ccccc2c1. The molecule has 27 heteroatoms. The van der Waals surface area contributed by atoms with Crippen molar-refractivity contribution in [3.63, 3.8) is 0 Å². The molecule has 5 fully saturated rings. The maximum atomic E-state index is 13.0. The highest BCUT2D eigenvalue weighted by Gasteiger charge is 2.46.